The Bertz CT molecular complexity index is 1600. The molecule has 46 heavy (non-hydrogen) atoms. The number of oxime groups is 2. The molecule has 5 rings (SSSR count). The number of phenolic OH excluding ortho intramolecular Hbond substituents is 2. The molecule has 0 saturated carbocycles. The van der Waals surface area contributed by atoms with Crippen LogP contribution in [0.2, 0.25) is 0 Å². The number of nitrogens with zero attached hydrogens (tertiary/aromatic N) is 4. The predicted octanol–water partition coefficient (Wildman–Crippen LogP) is 7.96. The van der Waals surface area contributed by atoms with E-state index in [-0.39, 0.29) is 52.3 Å². The summed E-state index contributed by atoms with van der Waals surface area (Å²) < 4.78 is 0. The molecule has 4 N–H and O–H groups in total. The normalized spacial score (nSPS) is 10.9. The minimum Gasteiger partial charge on any atom is -0.507 e. The van der Waals surface area contributed by atoms with Crippen molar-refractivity contribution in [2.24, 2.45) is 20.3 Å². The molecule has 0 spiro atoms. The summed E-state index contributed by atoms with van der Waals surface area (Å²) >= 11 is 0. The van der Waals surface area contributed by atoms with Gasteiger partial charge in [-0.3, -0.25) is 9.98 Å². The van der Waals surface area contributed by atoms with Crippen molar-refractivity contribution >= 4 is 35.2 Å². The summed E-state index contributed by atoms with van der Waals surface area (Å²) in [5.74, 6) is 0.355. The molecular weight excluding hydrogens is 765 g/mol. The largest absolute Gasteiger partial charge is 0.507 e. The van der Waals surface area contributed by atoms with Crippen molar-refractivity contribution in [3.05, 3.63) is 156 Å². The average molecular weight is 798 g/mol. The van der Waals surface area contributed by atoms with Crippen molar-refractivity contribution in [3.8, 4) is 11.5 Å². The van der Waals surface area contributed by atoms with Gasteiger partial charge in [0.25, 0.3) is 0 Å². The molecule has 0 fully saturated rings. The van der Waals surface area contributed by atoms with Gasteiger partial charge in [-0.2, -0.15) is 0 Å². The SMILES string of the molecule is CC(=NO)c1[c-]cccc1.CC(=NO)c1[c-]cccc1.Oc1ccccc1C=Nc1ccccc1N=Cc1ccccc1O.[Pd].[Pd]. The van der Waals surface area contributed by atoms with Crippen molar-refractivity contribution in [2.45, 2.75) is 13.8 Å². The first-order valence-corrected chi connectivity index (χ1v) is 13.5. The molecule has 5 aromatic rings. The fraction of sp³-hybridized carbons (Fsp3) is 0.0556. The smallest absolute Gasteiger partial charge is 0.124 e. The number of hydrogen-bond acceptors (Lipinski definition) is 8. The molecule has 0 amide bonds. The van der Waals surface area contributed by atoms with E-state index in [0.717, 1.165) is 11.1 Å². The Morgan fingerprint density at radius 2 is 0.870 bits per heavy atom. The van der Waals surface area contributed by atoms with Crippen molar-refractivity contribution < 1.29 is 61.5 Å². The van der Waals surface area contributed by atoms with Gasteiger partial charge in [-0.05, 0) is 36.4 Å². The summed E-state index contributed by atoms with van der Waals surface area (Å²) in [6.07, 6.45) is 3.20. The third-order valence-electron chi connectivity index (χ3n) is 5.94. The maximum absolute atomic E-state index is 9.79. The van der Waals surface area contributed by atoms with Crippen LogP contribution in [0.25, 0.3) is 0 Å². The predicted molar refractivity (Wildman–Crippen MR) is 176 cm³/mol. The summed E-state index contributed by atoms with van der Waals surface area (Å²) in [5, 5.41) is 42.4. The van der Waals surface area contributed by atoms with Crippen LogP contribution >= 0.6 is 0 Å². The van der Waals surface area contributed by atoms with Crippen molar-refractivity contribution in [1.29, 1.82) is 0 Å². The van der Waals surface area contributed by atoms with Crippen molar-refractivity contribution in [3.63, 3.8) is 0 Å². The minimum absolute atomic E-state index is 0. The summed E-state index contributed by atoms with van der Waals surface area (Å²) in [7, 11) is 0. The van der Waals surface area contributed by atoms with E-state index in [1.165, 1.54) is 0 Å². The molecule has 0 aliphatic rings. The van der Waals surface area contributed by atoms with Gasteiger partial charge in [0, 0.05) is 75.8 Å². The van der Waals surface area contributed by atoms with Gasteiger partial charge in [0.2, 0.25) is 0 Å². The van der Waals surface area contributed by atoms with Gasteiger partial charge in [-0.1, -0.05) is 50.2 Å². The molecule has 0 heterocycles. The second-order valence-electron chi connectivity index (χ2n) is 9.05. The van der Waals surface area contributed by atoms with Crippen LogP contribution in [-0.2, 0) is 40.8 Å². The van der Waals surface area contributed by atoms with Crippen LogP contribution in [0.4, 0.5) is 11.4 Å². The molecule has 10 heteroatoms. The van der Waals surface area contributed by atoms with Gasteiger partial charge in [0.15, 0.2) is 0 Å². The van der Waals surface area contributed by atoms with E-state index in [1.807, 2.05) is 72.8 Å². The number of aromatic hydroxyl groups is 2. The monoisotopic (exact) mass is 796 g/mol. The topological polar surface area (TPSA) is 130 Å². The Morgan fingerprint density at radius 3 is 1.20 bits per heavy atom. The molecule has 0 aliphatic carbocycles. The molecule has 0 radical (unpaired) electrons. The number of aliphatic imine (C=N–C) groups is 2. The van der Waals surface area contributed by atoms with Crippen LogP contribution in [0, 0.1) is 12.1 Å². The van der Waals surface area contributed by atoms with Crippen molar-refractivity contribution in [2.75, 3.05) is 0 Å². The number of phenols is 2. The first-order valence-electron chi connectivity index (χ1n) is 13.5. The molecule has 0 aromatic heterocycles. The first kappa shape index (κ1) is 39.3. The Morgan fingerprint density at radius 1 is 0.522 bits per heavy atom. The summed E-state index contributed by atoms with van der Waals surface area (Å²) in [6, 6.07) is 42.0. The zero-order chi connectivity index (χ0) is 31.6. The van der Waals surface area contributed by atoms with E-state index in [1.54, 1.807) is 74.8 Å². The number of benzene rings is 5. The van der Waals surface area contributed by atoms with Crippen LogP contribution in [0.1, 0.15) is 36.1 Å². The molecule has 0 saturated heterocycles. The van der Waals surface area contributed by atoms with E-state index in [4.69, 9.17) is 10.4 Å². The molecule has 5 aromatic carbocycles. The van der Waals surface area contributed by atoms with Gasteiger partial charge in [-0.25, -0.2) is 0 Å². The van der Waals surface area contributed by atoms with E-state index in [9.17, 15) is 10.2 Å². The van der Waals surface area contributed by atoms with Crippen LogP contribution in [0.15, 0.2) is 142 Å². The zero-order valence-electron chi connectivity index (χ0n) is 24.9. The van der Waals surface area contributed by atoms with Gasteiger partial charge in [0.05, 0.1) is 11.4 Å². The van der Waals surface area contributed by atoms with Crippen LogP contribution < -0.4 is 0 Å². The fourth-order valence-corrected chi connectivity index (χ4v) is 3.50. The van der Waals surface area contributed by atoms with Crippen LogP contribution in [-0.4, -0.2) is 44.5 Å². The second kappa shape index (κ2) is 21.9. The molecule has 0 bridgehead atoms. The molecule has 0 aliphatic heterocycles. The van der Waals surface area contributed by atoms with E-state index < -0.39 is 0 Å². The Hall–Kier alpha value is -4.70. The third kappa shape index (κ3) is 13.1. The van der Waals surface area contributed by atoms with E-state index in [2.05, 4.69) is 32.4 Å². The van der Waals surface area contributed by atoms with E-state index in [0.29, 0.717) is 33.9 Å². The maximum Gasteiger partial charge on any atom is 0.124 e. The second-order valence-corrected chi connectivity index (χ2v) is 9.05. The molecule has 242 valence electrons. The van der Waals surface area contributed by atoms with Crippen molar-refractivity contribution in [1.82, 2.24) is 0 Å². The third-order valence-corrected chi connectivity index (χ3v) is 5.94. The Kier molecular flexibility index (Phi) is 18.7. The number of para-hydroxylation sites is 4. The van der Waals surface area contributed by atoms with Gasteiger partial charge in [0.1, 0.15) is 11.5 Å². The first-order chi connectivity index (χ1) is 21.4. The van der Waals surface area contributed by atoms with E-state index >= 15 is 0 Å². The van der Waals surface area contributed by atoms with Crippen LogP contribution in [0.5, 0.6) is 11.5 Å². The van der Waals surface area contributed by atoms with Gasteiger partial charge in [-0.15, -0.1) is 82.1 Å². The summed E-state index contributed by atoms with van der Waals surface area (Å²) in [6.45, 7) is 3.46. The number of rotatable bonds is 6. The fourth-order valence-electron chi connectivity index (χ4n) is 3.50. The quantitative estimate of drug-likeness (QED) is 0.0457. The molecule has 8 nitrogen and oxygen atoms in total. The van der Waals surface area contributed by atoms with Gasteiger partial charge < -0.3 is 20.6 Å². The summed E-state index contributed by atoms with van der Waals surface area (Å²) in [4.78, 5) is 8.82. The minimum atomic E-state index is 0. The molecule has 0 unspecified atom stereocenters. The molecular formula is C36H32N4O4Pd2-2. The van der Waals surface area contributed by atoms with Gasteiger partial charge >= 0.3 is 0 Å². The maximum atomic E-state index is 9.79. The van der Waals surface area contributed by atoms with Crippen LogP contribution in [0.3, 0.4) is 0 Å². The Balaban J connectivity index is 0.000000400. The number of hydrogen-bond donors (Lipinski definition) is 4. The Labute approximate surface area is 296 Å². The zero-order valence-corrected chi connectivity index (χ0v) is 28.0. The standard InChI is InChI=1S/C20H16N2O2.2C8H8NO.2Pd/c23-19-11-5-1-7-15(19)13-21-17-9-3-4-10-18(17)22-14-16-8-2-6-12-20(16)24;2*1-7(9-10)8-5-3-2-4-6-8;;/h1-14,23-24H;2*2-5,10H,1H3;;/q;2*-1;;. The summed E-state index contributed by atoms with van der Waals surface area (Å²) in [5.41, 5.74) is 5.44. The average Bonchev–Trinajstić information content (AvgIpc) is 3.08. The molecule has 0 atom stereocenters.